The summed E-state index contributed by atoms with van der Waals surface area (Å²) >= 11 is 0. The number of hydrogen-bond acceptors (Lipinski definition) is 2. The molecule has 0 radical (unpaired) electrons. The molecule has 1 N–H and O–H groups in total. The molecule has 1 unspecified atom stereocenters. The first-order chi connectivity index (χ1) is 6.61. The van der Waals surface area contributed by atoms with Gasteiger partial charge in [0.25, 0.3) is 6.43 Å². The molecule has 1 aliphatic rings. The Morgan fingerprint density at radius 3 is 2.50 bits per heavy atom. The second-order valence-electron chi connectivity index (χ2n) is 3.59. The average Bonchev–Trinajstić information content (AvgIpc) is 2.66. The maximum Gasteiger partial charge on any atom is 0.253 e. The van der Waals surface area contributed by atoms with Gasteiger partial charge in [0.1, 0.15) is 0 Å². The van der Waals surface area contributed by atoms with E-state index in [0.717, 1.165) is 25.9 Å². The fraction of sp³-hybridized carbons (Fsp3) is 0.889. The zero-order valence-electron chi connectivity index (χ0n) is 8.30. The van der Waals surface area contributed by atoms with E-state index in [4.69, 9.17) is 0 Å². The normalized spacial score (nSPS) is 19.0. The minimum Gasteiger partial charge on any atom is -0.342 e. The van der Waals surface area contributed by atoms with Gasteiger partial charge in [-0.3, -0.25) is 4.79 Å². The number of nitrogens with one attached hydrogen (secondary N) is 1. The molecule has 0 aromatic heterocycles. The third kappa shape index (κ3) is 3.21. The predicted molar refractivity (Wildman–Crippen MR) is 49.3 cm³/mol. The van der Waals surface area contributed by atoms with Crippen molar-refractivity contribution >= 4 is 5.91 Å². The number of alkyl halides is 2. The van der Waals surface area contributed by atoms with E-state index in [1.54, 1.807) is 4.90 Å². The molecule has 0 aromatic rings. The molecule has 82 valence electrons. The fourth-order valence-corrected chi connectivity index (χ4v) is 1.42. The van der Waals surface area contributed by atoms with Crippen molar-refractivity contribution in [2.24, 2.45) is 0 Å². The van der Waals surface area contributed by atoms with Crippen LogP contribution in [0, 0.1) is 0 Å². The van der Waals surface area contributed by atoms with Crippen LogP contribution in [-0.4, -0.2) is 42.9 Å². The molecule has 14 heavy (non-hydrogen) atoms. The summed E-state index contributed by atoms with van der Waals surface area (Å²) in [4.78, 5) is 13.1. The highest BCUT2D eigenvalue weighted by molar-refractivity contribution is 5.78. The molecule has 0 bridgehead atoms. The van der Waals surface area contributed by atoms with Crippen LogP contribution in [0.5, 0.6) is 0 Å². The molecular formula is C9H16F2N2O. The average molecular weight is 206 g/mol. The zero-order chi connectivity index (χ0) is 10.6. The van der Waals surface area contributed by atoms with E-state index >= 15 is 0 Å². The number of halogens is 2. The molecular weight excluding hydrogens is 190 g/mol. The molecule has 1 heterocycles. The largest absolute Gasteiger partial charge is 0.342 e. The van der Waals surface area contributed by atoms with Gasteiger partial charge in [-0.05, 0) is 19.8 Å². The quantitative estimate of drug-likeness (QED) is 0.739. The Morgan fingerprint density at radius 2 is 2.00 bits per heavy atom. The molecule has 1 fully saturated rings. The first kappa shape index (κ1) is 11.4. The van der Waals surface area contributed by atoms with E-state index in [0.29, 0.717) is 0 Å². The highest BCUT2D eigenvalue weighted by Gasteiger charge is 2.20. The van der Waals surface area contributed by atoms with Crippen molar-refractivity contribution < 1.29 is 13.6 Å². The second-order valence-corrected chi connectivity index (χ2v) is 3.59. The monoisotopic (exact) mass is 206 g/mol. The summed E-state index contributed by atoms with van der Waals surface area (Å²) < 4.78 is 24.1. The molecule has 1 aliphatic heterocycles. The van der Waals surface area contributed by atoms with Gasteiger partial charge >= 0.3 is 0 Å². The number of rotatable bonds is 4. The fourth-order valence-electron chi connectivity index (χ4n) is 1.42. The smallest absolute Gasteiger partial charge is 0.253 e. The van der Waals surface area contributed by atoms with E-state index in [1.807, 2.05) is 0 Å². The van der Waals surface area contributed by atoms with Gasteiger partial charge in [0.05, 0.1) is 12.6 Å². The zero-order valence-corrected chi connectivity index (χ0v) is 8.30. The summed E-state index contributed by atoms with van der Waals surface area (Å²) in [5, 5.41) is 2.52. The van der Waals surface area contributed by atoms with Crippen molar-refractivity contribution in [1.82, 2.24) is 10.2 Å². The van der Waals surface area contributed by atoms with E-state index in [-0.39, 0.29) is 12.5 Å². The van der Waals surface area contributed by atoms with Gasteiger partial charge < -0.3 is 10.2 Å². The number of hydrogen-bond donors (Lipinski definition) is 1. The number of nitrogens with zero attached hydrogens (tertiary/aromatic N) is 1. The van der Waals surface area contributed by atoms with Gasteiger partial charge in [0.2, 0.25) is 5.91 Å². The van der Waals surface area contributed by atoms with Crippen molar-refractivity contribution in [2.75, 3.05) is 19.6 Å². The third-order valence-electron chi connectivity index (χ3n) is 2.41. The number of amides is 1. The molecule has 1 amide bonds. The van der Waals surface area contributed by atoms with E-state index in [2.05, 4.69) is 5.32 Å². The highest BCUT2D eigenvalue weighted by Crippen LogP contribution is 2.07. The van der Waals surface area contributed by atoms with Crippen LogP contribution < -0.4 is 5.32 Å². The van der Waals surface area contributed by atoms with Crippen molar-refractivity contribution in [3.8, 4) is 0 Å². The van der Waals surface area contributed by atoms with Crippen molar-refractivity contribution in [1.29, 1.82) is 0 Å². The molecule has 5 heteroatoms. The molecule has 0 spiro atoms. The number of carbonyl (C=O) groups excluding carboxylic acids is 1. The Balaban J connectivity index is 2.20. The van der Waals surface area contributed by atoms with Crippen molar-refractivity contribution in [3.63, 3.8) is 0 Å². The van der Waals surface area contributed by atoms with Gasteiger partial charge in [0, 0.05) is 13.1 Å². The summed E-state index contributed by atoms with van der Waals surface area (Å²) in [6.07, 6.45) is -0.367. The van der Waals surface area contributed by atoms with Crippen molar-refractivity contribution in [3.05, 3.63) is 0 Å². The number of likely N-dealkylation sites (tertiary alicyclic amines) is 1. The van der Waals surface area contributed by atoms with Crippen LogP contribution in [0.25, 0.3) is 0 Å². The maximum atomic E-state index is 12.1. The van der Waals surface area contributed by atoms with Crippen LogP contribution in [0.15, 0.2) is 0 Å². The van der Waals surface area contributed by atoms with E-state index in [1.165, 1.54) is 6.92 Å². The van der Waals surface area contributed by atoms with Gasteiger partial charge in [-0.25, -0.2) is 8.78 Å². The first-order valence-electron chi connectivity index (χ1n) is 4.90. The van der Waals surface area contributed by atoms with Crippen LogP contribution in [0.2, 0.25) is 0 Å². The van der Waals surface area contributed by atoms with Gasteiger partial charge in [-0.15, -0.1) is 0 Å². The molecule has 1 saturated heterocycles. The van der Waals surface area contributed by atoms with Crippen LogP contribution >= 0.6 is 0 Å². The highest BCUT2D eigenvalue weighted by atomic mass is 19.3. The molecule has 0 aliphatic carbocycles. The molecule has 1 atom stereocenters. The Labute approximate surface area is 82.5 Å². The lowest BCUT2D eigenvalue weighted by Gasteiger charge is -2.17. The minimum atomic E-state index is -2.42. The van der Waals surface area contributed by atoms with Crippen LogP contribution in [0.3, 0.4) is 0 Å². The Morgan fingerprint density at radius 1 is 1.43 bits per heavy atom. The standard InChI is InChI=1S/C9H16F2N2O/c1-7(9(10)11)12-6-8(14)13-4-2-3-5-13/h7,9,12H,2-6H2,1H3. The Kier molecular flexibility index (Phi) is 4.25. The minimum absolute atomic E-state index is 0.0194. The van der Waals surface area contributed by atoms with E-state index in [9.17, 15) is 13.6 Å². The summed E-state index contributed by atoms with van der Waals surface area (Å²) in [7, 11) is 0. The molecule has 0 aromatic carbocycles. The third-order valence-corrected chi connectivity index (χ3v) is 2.41. The second kappa shape index (κ2) is 5.24. The lowest BCUT2D eigenvalue weighted by atomic mass is 10.3. The van der Waals surface area contributed by atoms with Gasteiger partial charge in [0.15, 0.2) is 0 Å². The van der Waals surface area contributed by atoms with Crippen LogP contribution in [-0.2, 0) is 4.79 Å². The SMILES string of the molecule is CC(NCC(=O)N1CCCC1)C(F)F. The Hall–Kier alpha value is -0.710. The lowest BCUT2D eigenvalue weighted by molar-refractivity contribution is -0.129. The summed E-state index contributed by atoms with van der Waals surface area (Å²) in [5.74, 6) is -0.0741. The summed E-state index contributed by atoms with van der Waals surface area (Å²) in [5.41, 5.74) is 0. The lowest BCUT2D eigenvalue weighted by Crippen LogP contribution is -2.42. The Bertz CT molecular complexity index is 193. The molecule has 0 saturated carbocycles. The summed E-state index contributed by atoms with van der Waals surface area (Å²) in [6, 6.07) is -0.915. The molecule has 1 rings (SSSR count). The predicted octanol–water partition coefficient (Wildman–Crippen LogP) is 0.852. The van der Waals surface area contributed by atoms with Gasteiger partial charge in [-0.1, -0.05) is 0 Å². The maximum absolute atomic E-state index is 12.1. The number of carbonyl (C=O) groups is 1. The topological polar surface area (TPSA) is 32.3 Å². The molecule has 3 nitrogen and oxygen atoms in total. The van der Waals surface area contributed by atoms with Gasteiger partial charge in [-0.2, -0.15) is 0 Å². The van der Waals surface area contributed by atoms with Crippen LogP contribution in [0.1, 0.15) is 19.8 Å². The first-order valence-corrected chi connectivity index (χ1v) is 4.90. The van der Waals surface area contributed by atoms with Crippen LogP contribution in [0.4, 0.5) is 8.78 Å². The van der Waals surface area contributed by atoms with Crippen molar-refractivity contribution in [2.45, 2.75) is 32.2 Å². The van der Waals surface area contributed by atoms with E-state index < -0.39 is 12.5 Å². The summed E-state index contributed by atoms with van der Waals surface area (Å²) in [6.45, 7) is 2.93.